The first-order valence-corrected chi connectivity index (χ1v) is 5.12. The Kier molecular flexibility index (Phi) is 2.60. The highest BCUT2D eigenvalue weighted by molar-refractivity contribution is 5.77. The highest BCUT2D eigenvalue weighted by Crippen LogP contribution is 2.12. The van der Waals surface area contributed by atoms with Gasteiger partial charge in [0.25, 0.3) is 0 Å². The van der Waals surface area contributed by atoms with Gasteiger partial charge in [-0.3, -0.25) is 0 Å². The molecule has 0 fully saturated rings. The maximum atomic E-state index is 11.4. The number of aromatic nitrogens is 3. The van der Waals surface area contributed by atoms with Gasteiger partial charge in [-0.2, -0.15) is 0 Å². The van der Waals surface area contributed by atoms with Gasteiger partial charge in [0.2, 0.25) is 0 Å². The summed E-state index contributed by atoms with van der Waals surface area (Å²) in [6.07, 6.45) is 0. The molecule has 0 saturated heterocycles. The first-order chi connectivity index (χ1) is 7.58. The molecular formula is C11H13N3O2. The van der Waals surface area contributed by atoms with Crippen LogP contribution in [0.2, 0.25) is 0 Å². The first-order valence-electron chi connectivity index (χ1n) is 5.12. The van der Waals surface area contributed by atoms with Crippen molar-refractivity contribution in [1.82, 2.24) is 15.2 Å². The molecule has 1 aromatic carbocycles. The van der Waals surface area contributed by atoms with E-state index in [-0.39, 0.29) is 11.9 Å². The van der Waals surface area contributed by atoms with Crippen molar-refractivity contribution in [3.8, 4) is 0 Å². The fourth-order valence-corrected chi connectivity index (χ4v) is 1.27. The molecule has 2 aromatic rings. The van der Waals surface area contributed by atoms with Crippen LogP contribution in [-0.4, -0.2) is 21.1 Å². The zero-order valence-corrected chi connectivity index (χ0v) is 9.47. The van der Waals surface area contributed by atoms with E-state index in [1.54, 1.807) is 13.8 Å². The minimum Gasteiger partial charge on any atom is -0.317 e. The molecule has 0 saturated carbocycles. The number of fused-ring (bicyclic) bond motifs is 1. The summed E-state index contributed by atoms with van der Waals surface area (Å²) in [5.41, 5.74) is 2.51. The van der Waals surface area contributed by atoms with Gasteiger partial charge < -0.3 is 4.84 Å². The van der Waals surface area contributed by atoms with Crippen molar-refractivity contribution in [3.63, 3.8) is 0 Å². The van der Waals surface area contributed by atoms with Gasteiger partial charge in [-0.15, -0.1) is 5.10 Å². The molecular weight excluding hydrogens is 206 g/mol. The number of aryl methyl sites for hydroxylation is 1. The monoisotopic (exact) mass is 219 g/mol. The summed E-state index contributed by atoms with van der Waals surface area (Å²) in [6.45, 7) is 5.51. The predicted molar refractivity (Wildman–Crippen MR) is 58.7 cm³/mol. The maximum absolute atomic E-state index is 11.4. The Morgan fingerprint density at radius 2 is 2.19 bits per heavy atom. The summed E-state index contributed by atoms with van der Waals surface area (Å²) < 4.78 is 0. The number of hydrogen-bond acceptors (Lipinski definition) is 4. The zero-order valence-electron chi connectivity index (χ0n) is 9.47. The molecule has 1 heterocycles. The Morgan fingerprint density at radius 1 is 1.44 bits per heavy atom. The van der Waals surface area contributed by atoms with Gasteiger partial charge in [0, 0.05) is 0 Å². The number of hydrogen-bond donors (Lipinski definition) is 0. The number of carbonyl (C=O) groups excluding carboxylic acids is 1. The van der Waals surface area contributed by atoms with Crippen molar-refractivity contribution in [1.29, 1.82) is 0 Å². The van der Waals surface area contributed by atoms with Crippen molar-refractivity contribution in [2.24, 2.45) is 5.92 Å². The standard InChI is InChI=1S/C11H13N3O2/c1-7(2)11(15)16-14-10-5-4-8(3)6-9(10)12-13-14/h4-7H,1-3H3. The van der Waals surface area contributed by atoms with Crippen LogP contribution in [0.25, 0.3) is 11.0 Å². The van der Waals surface area contributed by atoms with Crippen LogP contribution in [0.5, 0.6) is 0 Å². The van der Waals surface area contributed by atoms with Gasteiger partial charge in [-0.25, -0.2) is 4.79 Å². The molecule has 16 heavy (non-hydrogen) atoms. The summed E-state index contributed by atoms with van der Waals surface area (Å²) in [6, 6.07) is 5.64. The van der Waals surface area contributed by atoms with Crippen LogP contribution in [0.3, 0.4) is 0 Å². The SMILES string of the molecule is Cc1ccc2c(c1)nnn2OC(=O)C(C)C. The van der Waals surface area contributed by atoms with Crippen LogP contribution < -0.4 is 4.84 Å². The molecule has 0 aliphatic heterocycles. The Morgan fingerprint density at radius 3 is 2.88 bits per heavy atom. The lowest BCUT2D eigenvalue weighted by Crippen LogP contribution is -2.24. The average Bonchev–Trinajstić information content (AvgIpc) is 2.60. The average molecular weight is 219 g/mol. The number of carbonyl (C=O) groups is 1. The van der Waals surface area contributed by atoms with Gasteiger partial charge in [0.05, 0.1) is 5.92 Å². The largest absolute Gasteiger partial charge is 0.337 e. The number of benzene rings is 1. The summed E-state index contributed by atoms with van der Waals surface area (Å²) >= 11 is 0. The molecule has 0 aliphatic rings. The second-order valence-electron chi connectivity index (χ2n) is 4.02. The Hall–Kier alpha value is -1.91. The fourth-order valence-electron chi connectivity index (χ4n) is 1.27. The van der Waals surface area contributed by atoms with E-state index in [9.17, 15) is 4.79 Å². The number of nitrogens with zero attached hydrogens (tertiary/aromatic N) is 3. The normalized spacial score (nSPS) is 11.0. The molecule has 0 amide bonds. The third-order valence-electron chi connectivity index (χ3n) is 2.22. The lowest BCUT2D eigenvalue weighted by atomic mass is 10.2. The molecule has 1 aromatic heterocycles. The van der Waals surface area contributed by atoms with Crippen LogP contribution in [0.1, 0.15) is 19.4 Å². The van der Waals surface area contributed by atoms with E-state index in [1.165, 1.54) is 0 Å². The molecule has 0 spiro atoms. The zero-order chi connectivity index (χ0) is 11.7. The molecule has 5 nitrogen and oxygen atoms in total. The lowest BCUT2D eigenvalue weighted by Gasteiger charge is -2.04. The second kappa shape index (κ2) is 3.92. The Balaban J connectivity index is 2.35. The van der Waals surface area contributed by atoms with Gasteiger partial charge in [0.15, 0.2) is 0 Å². The van der Waals surface area contributed by atoms with Gasteiger partial charge in [-0.05, 0) is 29.8 Å². The molecule has 0 radical (unpaired) electrons. The summed E-state index contributed by atoms with van der Waals surface area (Å²) in [5.74, 6) is -0.517. The third-order valence-corrected chi connectivity index (χ3v) is 2.22. The molecule has 0 unspecified atom stereocenters. The van der Waals surface area contributed by atoms with Crippen LogP contribution in [0.15, 0.2) is 18.2 Å². The van der Waals surface area contributed by atoms with Crippen LogP contribution in [0.4, 0.5) is 0 Å². The van der Waals surface area contributed by atoms with E-state index in [0.717, 1.165) is 15.9 Å². The molecule has 0 bridgehead atoms. The topological polar surface area (TPSA) is 57.0 Å². The smallest absolute Gasteiger partial charge is 0.317 e. The quantitative estimate of drug-likeness (QED) is 0.715. The minimum absolute atomic E-state index is 0.190. The molecule has 0 N–H and O–H groups in total. The number of rotatable bonds is 2. The summed E-state index contributed by atoms with van der Waals surface area (Å²) in [7, 11) is 0. The molecule has 5 heteroatoms. The van der Waals surface area contributed by atoms with Crippen molar-refractivity contribution in [3.05, 3.63) is 23.8 Å². The highest BCUT2D eigenvalue weighted by Gasteiger charge is 2.13. The van der Waals surface area contributed by atoms with E-state index >= 15 is 0 Å². The molecule has 84 valence electrons. The molecule has 2 rings (SSSR count). The fraction of sp³-hybridized carbons (Fsp3) is 0.364. The van der Waals surface area contributed by atoms with E-state index in [1.807, 2.05) is 25.1 Å². The van der Waals surface area contributed by atoms with E-state index in [4.69, 9.17) is 4.84 Å². The minimum atomic E-state index is -0.327. The van der Waals surface area contributed by atoms with Crippen LogP contribution >= 0.6 is 0 Å². The summed E-state index contributed by atoms with van der Waals surface area (Å²) in [4.78, 5) is 17.6. The second-order valence-corrected chi connectivity index (χ2v) is 4.02. The predicted octanol–water partition coefficient (Wildman–Crippen LogP) is 1.35. The van der Waals surface area contributed by atoms with Crippen LogP contribution in [0, 0.1) is 12.8 Å². The van der Waals surface area contributed by atoms with Gasteiger partial charge >= 0.3 is 5.97 Å². The molecule has 0 aliphatic carbocycles. The Labute approximate surface area is 93.0 Å². The summed E-state index contributed by atoms with van der Waals surface area (Å²) in [5, 5.41) is 7.71. The highest BCUT2D eigenvalue weighted by atomic mass is 16.7. The van der Waals surface area contributed by atoms with Crippen molar-refractivity contribution >= 4 is 17.0 Å². The third kappa shape index (κ3) is 1.88. The van der Waals surface area contributed by atoms with E-state index in [0.29, 0.717) is 5.52 Å². The van der Waals surface area contributed by atoms with Crippen LogP contribution in [-0.2, 0) is 4.79 Å². The van der Waals surface area contributed by atoms with Gasteiger partial charge in [0.1, 0.15) is 11.0 Å². The van der Waals surface area contributed by atoms with Gasteiger partial charge in [-0.1, -0.05) is 24.8 Å². The van der Waals surface area contributed by atoms with Crippen molar-refractivity contribution < 1.29 is 9.63 Å². The van der Waals surface area contributed by atoms with E-state index < -0.39 is 0 Å². The maximum Gasteiger partial charge on any atom is 0.337 e. The van der Waals surface area contributed by atoms with E-state index in [2.05, 4.69) is 10.3 Å². The first kappa shape index (κ1) is 10.6. The van der Waals surface area contributed by atoms with Crippen molar-refractivity contribution in [2.75, 3.05) is 0 Å². The van der Waals surface area contributed by atoms with Crippen molar-refractivity contribution in [2.45, 2.75) is 20.8 Å². The lowest BCUT2D eigenvalue weighted by molar-refractivity contribution is -0.149. The Bertz CT molecular complexity index is 531. The molecule has 0 atom stereocenters.